The van der Waals surface area contributed by atoms with Gasteiger partial charge in [0, 0.05) is 12.2 Å². The lowest BCUT2D eigenvalue weighted by atomic mass is 10.2. The second kappa shape index (κ2) is 8.98. The third-order valence-electron chi connectivity index (χ3n) is 3.94. The van der Waals surface area contributed by atoms with Crippen LogP contribution in [0, 0.1) is 5.82 Å². The average molecular weight is 406 g/mol. The molecule has 0 saturated carbocycles. The maximum atomic E-state index is 13.0. The van der Waals surface area contributed by atoms with E-state index in [0.29, 0.717) is 22.3 Å². The number of hydrogen-bond donors (Lipinski definition) is 1. The van der Waals surface area contributed by atoms with Crippen LogP contribution in [0.5, 0.6) is 11.5 Å². The van der Waals surface area contributed by atoms with E-state index in [1.165, 1.54) is 12.1 Å². The second-order valence-electron chi connectivity index (χ2n) is 5.89. The number of rotatable bonds is 7. The minimum absolute atomic E-state index is 0.253. The van der Waals surface area contributed by atoms with Gasteiger partial charge in [0.25, 0.3) is 0 Å². The van der Waals surface area contributed by atoms with Crippen molar-refractivity contribution in [2.45, 2.75) is 13.2 Å². The first kappa shape index (κ1) is 19.3. The second-order valence-corrected chi connectivity index (χ2v) is 6.70. The Balaban J connectivity index is 1.63. The minimum atomic E-state index is -0.288. The Kier molecular flexibility index (Phi) is 6.43. The van der Waals surface area contributed by atoms with Gasteiger partial charge >= 0.3 is 0 Å². The van der Waals surface area contributed by atoms with E-state index in [9.17, 15) is 4.39 Å². The van der Waals surface area contributed by atoms with Gasteiger partial charge in [0.1, 0.15) is 18.2 Å². The van der Waals surface area contributed by atoms with Crippen LogP contribution in [0.1, 0.15) is 11.1 Å². The smallest absolute Gasteiger partial charge is 0.156 e. The van der Waals surface area contributed by atoms with E-state index in [4.69, 9.17) is 32.7 Å². The fraction of sp³-hybridized carbons (Fsp3) is 0.143. The molecule has 3 nitrogen and oxygen atoms in total. The highest BCUT2D eigenvalue weighted by Crippen LogP contribution is 2.35. The molecule has 0 unspecified atom stereocenters. The minimum Gasteiger partial charge on any atom is -0.497 e. The van der Waals surface area contributed by atoms with Crippen LogP contribution in [-0.2, 0) is 13.2 Å². The van der Waals surface area contributed by atoms with Crippen molar-refractivity contribution >= 4 is 28.9 Å². The zero-order valence-electron chi connectivity index (χ0n) is 14.6. The highest BCUT2D eigenvalue weighted by molar-refractivity contribution is 6.37. The molecule has 0 fully saturated rings. The van der Waals surface area contributed by atoms with Crippen molar-refractivity contribution in [2.24, 2.45) is 0 Å². The van der Waals surface area contributed by atoms with Crippen LogP contribution in [-0.4, -0.2) is 7.11 Å². The Bertz CT molecular complexity index is 876. The summed E-state index contributed by atoms with van der Waals surface area (Å²) < 4.78 is 23.8. The standard InChI is InChI=1S/C21H18Cl2FNO2/c1-26-18-8-6-17(7-9-18)25-12-15-10-19(22)21(20(23)11-15)27-13-14-2-4-16(24)5-3-14/h2-11,25H,12-13H2,1H3. The van der Waals surface area contributed by atoms with Crippen LogP contribution in [0.25, 0.3) is 0 Å². The lowest BCUT2D eigenvalue weighted by Gasteiger charge is -2.13. The molecule has 6 heteroatoms. The number of benzene rings is 3. The van der Waals surface area contributed by atoms with Gasteiger partial charge in [-0.1, -0.05) is 35.3 Å². The van der Waals surface area contributed by atoms with Crippen molar-refractivity contribution in [3.05, 3.63) is 87.7 Å². The summed E-state index contributed by atoms with van der Waals surface area (Å²) in [6, 6.07) is 17.3. The van der Waals surface area contributed by atoms with Gasteiger partial charge in [0.15, 0.2) is 5.75 Å². The first-order valence-electron chi connectivity index (χ1n) is 8.28. The number of nitrogens with one attached hydrogen (secondary N) is 1. The van der Waals surface area contributed by atoms with Crippen molar-refractivity contribution in [2.75, 3.05) is 12.4 Å². The van der Waals surface area contributed by atoms with E-state index in [2.05, 4.69) is 5.32 Å². The van der Waals surface area contributed by atoms with E-state index in [1.54, 1.807) is 19.2 Å². The summed E-state index contributed by atoms with van der Waals surface area (Å²) in [5, 5.41) is 4.15. The lowest BCUT2D eigenvalue weighted by molar-refractivity contribution is 0.306. The van der Waals surface area contributed by atoms with Crippen molar-refractivity contribution in [1.82, 2.24) is 0 Å². The number of ether oxygens (including phenoxy) is 2. The fourth-order valence-corrected chi connectivity index (χ4v) is 3.14. The van der Waals surface area contributed by atoms with Crippen molar-refractivity contribution < 1.29 is 13.9 Å². The Morgan fingerprint density at radius 1 is 0.889 bits per heavy atom. The molecular weight excluding hydrogens is 388 g/mol. The summed E-state index contributed by atoms with van der Waals surface area (Å²) in [4.78, 5) is 0. The Morgan fingerprint density at radius 2 is 1.52 bits per heavy atom. The maximum absolute atomic E-state index is 13.0. The van der Waals surface area contributed by atoms with Gasteiger partial charge in [-0.15, -0.1) is 0 Å². The highest BCUT2D eigenvalue weighted by Gasteiger charge is 2.10. The molecule has 0 aliphatic rings. The number of hydrogen-bond acceptors (Lipinski definition) is 3. The molecule has 0 saturated heterocycles. The molecule has 3 aromatic rings. The summed E-state index contributed by atoms with van der Waals surface area (Å²) in [6.45, 7) is 0.813. The van der Waals surface area contributed by atoms with Gasteiger partial charge < -0.3 is 14.8 Å². The predicted octanol–water partition coefficient (Wildman–Crippen LogP) is 6.33. The van der Waals surface area contributed by atoms with Crippen LogP contribution < -0.4 is 14.8 Å². The molecule has 0 aliphatic carbocycles. The highest BCUT2D eigenvalue weighted by atomic mass is 35.5. The zero-order valence-corrected chi connectivity index (χ0v) is 16.1. The van der Waals surface area contributed by atoms with Crippen LogP contribution in [0.2, 0.25) is 10.0 Å². The molecule has 0 spiro atoms. The molecule has 3 rings (SSSR count). The lowest BCUT2D eigenvalue weighted by Crippen LogP contribution is -2.01. The molecular formula is C21H18Cl2FNO2. The largest absolute Gasteiger partial charge is 0.497 e. The van der Waals surface area contributed by atoms with Crippen LogP contribution in [0.4, 0.5) is 10.1 Å². The summed E-state index contributed by atoms with van der Waals surface area (Å²) in [6.07, 6.45) is 0. The fourth-order valence-electron chi connectivity index (χ4n) is 2.50. The van der Waals surface area contributed by atoms with Crippen molar-refractivity contribution in [1.29, 1.82) is 0 Å². The molecule has 27 heavy (non-hydrogen) atoms. The average Bonchev–Trinajstić information content (AvgIpc) is 2.67. The van der Waals surface area contributed by atoms with Crippen LogP contribution in [0.3, 0.4) is 0 Å². The molecule has 0 aliphatic heterocycles. The van der Waals surface area contributed by atoms with Gasteiger partial charge in [0.05, 0.1) is 17.2 Å². The van der Waals surface area contributed by atoms with Gasteiger partial charge in [0.2, 0.25) is 0 Å². The van der Waals surface area contributed by atoms with Crippen molar-refractivity contribution in [3.8, 4) is 11.5 Å². The van der Waals surface area contributed by atoms with Gasteiger partial charge in [-0.2, -0.15) is 0 Å². The monoisotopic (exact) mass is 405 g/mol. The van der Waals surface area contributed by atoms with Crippen molar-refractivity contribution in [3.63, 3.8) is 0 Å². The third kappa shape index (κ3) is 5.28. The topological polar surface area (TPSA) is 30.5 Å². The molecule has 3 aromatic carbocycles. The quantitative estimate of drug-likeness (QED) is 0.497. The van der Waals surface area contributed by atoms with Gasteiger partial charge in [-0.25, -0.2) is 4.39 Å². The van der Waals surface area contributed by atoms with Crippen LogP contribution in [0.15, 0.2) is 60.7 Å². The predicted molar refractivity (Wildman–Crippen MR) is 108 cm³/mol. The molecule has 0 radical (unpaired) electrons. The molecule has 0 heterocycles. The zero-order chi connectivity index (χ0) is 19.2. The molecule has 0 aromatic heterocycles. The normalized spacial score (nSPS) is 10.5. The van der Waals surface area contributed by atoms with Gasteiger partial charge in [-0.3, -0.25) is 0 Å². The molecule has 0 amide bonds. The maximum Gasteiger partial charge on any atom is 0.156 e. The summed E-state index contributed by atoms with van der Waals surface area (Å²) in [7, 11) is 1.63. The van der Waals surface area contributed by atoms with E-state index >= 15 is 0 Å². The first-order chi connectivity index (χ1) is 13.0. The molecule has 1 N–H and O–H groups in total. The SMILES string of the molecule is COc1ccc(NCc2cc(Cl)c(OCc3ccc(F)cc3)c(Cl)c2)cc1. The van der Waals surface area contributed by atoms with Gasteiger partial charge in [-0.05, 0) is 59.7 Å². The Morgan fingerprint density at radius 3 is 2.11 bits per heavy atom. The van der Waals surface area contributed by atoms with Crippen LogP contribution >= 0.6 is 23.2 Å². The van der Waals surface area contributed by atoms with E-state index in [0.717, 1.165) is 22.6 Å². The summed E-state index contributed by atoms with van der Waals surface area (Å²) >= 11 is 12.7. The number of anilines is 1. The summed E-state index contributed by atoms with van der Waals surface area (Å²) in [5.74, 6) is 0.925. The van der Waals surface area contributed by atoms with E-state index < -0.39 is 0 Å². The van der Waals surface area contributed by atoms with E-state index in [-0.39, 0.29) is 12.4 Å². The summed E-state index contributed by atoms with van der Waals surface area (Å²) in [5.41, 5.74) is 2.71. The Hall–Kier alpha value is -2.43. The molecule has 0 bridgehead atoms. The first-order valence-corrected chi connectivity index (χ1v) is 9.04. The van der Waals surface area contributed by atoms with E-state index in [1.807, 2.05) is 36.4 Å². The Labute approximate surface area is 167 Å². The number of halogens is 3. The third-order valence-corrected chi connectivity index (χ3v) is 4.50. The number of methoxy groups -OCH3 is 1. The molecule has 140 valence electrons. The molecule has 0 atom stereocenters.